The van der Waals surface area contributed by atoms with E-state index in [4.69, 9.17) is 0 Å². The van der Waals surface area contributed by atoms with Gasteiger partial charge in [0.25, 0.3) is 5.69 Å². The van der Waals surface area contributed by atoms with Gasteiger partial charge in [-0.1, -0.05) is 12.1 Å². The Balaban J connectivity index is 2.19. The number of hydrogen-bond donors (Lipinski definition) is 0. The SMILES string of the molecule is C=CCN(CC[N+](C)(C)C)c1ccc(N=Nc2cccc([N+](=O)[O-])c2)c(C)c1. The fourth-order valence-electron chi connectivity index (χ4n) is 2.63. The Labute approximate surface area is 166 Å². The maximum Gasteiger partial charge on any atom is 0.271 e. The van der Waals surface area contributed by atoms with Crippen LogP contribution in [0.3, 0.4) is 0 Å². The minimum Gasteiger partial charge on any atom is -0.362 e. The van der Waals surface area contributed by atoms with Crippen molar-refractivity contribution in [1.82, 2.24) is 0 Å². The van der Waals surface area contributed by atoms with Crippen LogP contribution in [0.4, 0.5) is 22.7 Å². The molecular formula is C21H28N5O2+. The second-order valence-electron chi connectivity index (χ2n) is 7.70. The average molecular weight is 382 g/mol. The predicted octanol–water partition coefficient (Wildman–Crippen LogP) is 5.02. The van der Waals surface area contributed by atoms with Gasteiger partial charge in [0.2, 0.25) is 0 Å². The molecule has 2 aromatic carbocycles. The average Bonchev–Trinajstić information content (AvgIpc) is 2.63. The van der Waals surface area contributed by atoms with Crippen molar-refractivity contribution in [3.8, 4) is 0 Å². The molecule has 0 N–H and O–H groups in total. The summed E-state index contributed by atoms with van der Waals surface area (Å²) in [7, 11) is 6.53. The standard InChI is InChI=1S/C21H28N5O2/c1-6-12-24(13-14-26(3,4)5)19-10-11-21(17(2)15-19)23-22-18-8-7-9-20(16-18)25(27)28/h6-11,15-16H,1,12-14H2,2-5H3/q+1. The van der Waals surface area contributed by atoms with Crippen molar-refractivity contribution >= 4 is 22.7 Å². The first-order valence-corrected chi connectivity index (χ1v) is 9.13. The van der Waals surface area contributed by atoms with Crippen molar-refractivity contribution in [3.05, 3.63) is 70.8 Å². The van der Waals surface area contributed by atoms with Gasteiger partial charge in [-0.3, -0.25) is 10.1 Å². The molecule has 0 amide bonds. The Morgan fingerprint density at radius 1 is 1.18 bits per heavy atom. The van der Waals surface area contributed by atoms with E-state index >= 15 is 0 Å². The van der Waals surface area contributed by atoms with Crippen LogP contribution in [0.2, 0.25) is 0 Å². The number of hydrogen-bond acceptors (Lipinski definition) is 5. The monoisotopic (exact) mass is 382 g/mol. The summed E-state index contributed by atoms with van der Waals surface area (Å²) >= 11 is 0. The van der Waals surface area contributed by atoms with Crippen molar-refractivity contribution in [1.29, 1.82) is 0 Å². The third kappa shape index (κ3) is 6.28. The normalized spacial score (nSPS) is 11.6. The first-order chi connectivity index (χ1) is 13.2. The van der Waals surface area contributed by atoms with Gasteiger partial charge in [-0.25, -0.2) is 0 Å². The fourth-order valence-corrected chi connectivity index (χ4v) is 2.63. The number of non-ortho nitro benzene ring substituents is 1. The molecule has 0 fully saturated rings. The number of anilines is 1. The number of azo groups is 1. The van der Waals surface area contributed by atoms with Crippen molar-refractivity contribution in [2.24, 2.45) is 10.2 Å². The summed E-state index contributed by atoms with van der Waals surface area (Å²) in [5.41, 5.74) is 3.29. The summed E-state index contributed by atoms with van der Waals surface area (Å²) in [5.74, 6) is 0. The molecule has 0 aliphatic carbocycles. The lowest BCUT2D eigenvalue weighted by atomic mass is 10.1. The summed E-state index contributed by atoms with van der Waals surface area (Å²) in [6.45, 7) is 8.55. The molecular weight excluding hydrogens is 354 g/mol. The van der Waals surface area contributed by atoms with Crippen LogP contribution < -0.4 is 4.90 Å². The molecule has 0 atom stereocenters. The Morgan fingerprint density at radius 2 is 1.93 bits per heavy atom. The third-order valence-corrected chi connectivity index (χ3v) is 4.25. The predicted molar refractivity (Wildman–Crippen MR) is 114 cm³/mol. The zero-order valence-corrected chi connectivity index (χ0v) is 17.0. The lowest BCUT2D eigenvalue weighted by Crippen LogP contribution is -2.42. The van der Waals surface area contributed by atoms with E-state index in [9.17, 15) is 10.1 Å². The number of nitro benzene ring substituents is 1. The fraction of sp³-hybridized carbons (Fsp3) is 0.333. The van der Waals surface area contributed by atoms with Gasteiger partial charge in [0.15, 0.2) is 0 Å². The van der Waals surface area contributed by atoms with Gasteiger partial charge < -0.3 is 9.38 Å². The van der Waals surface area contributed by atoms with E-state index in [2.05, 4.69) is 48.9 Å². The maximum atomic E-state index is 10.9. The van der Waals surface area contributed by atoms with E-state index in [-0.39, 0.29) is 5.69 Å². The topological polar surface area (TPSA) is 71.1 Å². The summed E-state index contributed by atoms with van der Waals surface area (Å²) in [6.07, 6.45) is 1.90. The second kappa shape index (κ2) is 9.23. The van der Waals surface area contributed by atoms with Gasteiger partial charge in [-0.15, -0.1) is 6.58 Å². The molecule has 0 spiro atoms. The van der Waals surface area contributed by atoms with Crippen molar-refractivity contribution in [2.45, 2.75) is 6.92 Å². The highest BCUT2D eigenvalue weighted by Gasteiger charge is 2.13. The van der Waals surface area contributed by atoms with E-state index in [0.29, 0.717) is 5.69 Å². The smallest absolute Gasteiger partial charge is 0.271 e. The number of nitrogens with zero attached hydrogens (tertiary/aromatic N) is 5. The molecule has 0 aromatic heterocycles. The largest absolute Gasteiger partial charge is 0.362 e. The summed E-state index contributed by atoms with van der Waals surface area (Å²) in [6, 6.07) is 12.2. The number of likely N-dealkylation sites (N-methyl/N-ethyl adjacent to an activating group) is 1. The minimum absolute atomic E-state index is 0.000775. The van der Waals surface area contributed by atoms with E-state index < -0.39 is 4.92 Å². The van der Waals surface area contributed by atoms with Crippen LogP contribution in [0.1, 0.15) is 5.56 Å². The molecule has 2 rings (SSSR count). The first-order valence-electron chi connectivity index (χ1n) is 9.13. The molecule has 0 heterocycles. The molecule has 0 unspecified atom stereocenters. The Kier molecular flexibility index (Phi) is 7.00. The van der Waals surface area contributed by atoms with Gasteiger partial charge in [-0.05, 0) is 36.8 Å². The summed E-state index contributed by atoms with van der Waals surface area (Å²) < 4.78 is 0.891. The first kappa shape index (κ1) is 21.2. The molecule has 0 radical (unpaired) electrons. The van der Waals surface area contributed by atoms with Crippen LogP contribution in [0, 0.1) is 17.0 Å². The third-order valence-electron chi connectivity index (χ3n) is 4.25. The number of quaternary nitrogens is 1. The van der Waals surface area contributed by atoms with Crippen LogP contribution in [0.5, 0.6) is 0 Å². The maximum absolute atomic E-state index is 10.9. The number of aryl methyl sites for hydroxylation is 1. The van der Waals surface area contributed by atoms with Crippen molar-refractivity contribution in [3.63, 3.8) is 0 Å². The van der Waals surface area contributed by atoms with Crippen molar-refractivity contribution < 1.29 is 9.41 Å². The van der Waals surface area contributed by atoms with Gasteiger partial charge in [0.05, 0.1) is 50.5 Å². The van der Waals surface area contributed by atoms with E-state index in [1.807, 2.05) is 25.1 Å². The zero-order valence-electron chi connectivity index (χ0n) is 17.0. The van der Waals surface area contributed by atoms with Crippen LogP contribution in [0.25, 0.3) is 0 Å². The molecule has 0 saturated carbocycles. The molecule has 7 heteroatoms. The quantitative estimate of drug-likeness (QED) is 0.201. The zero-order chi connectivity index (χ0) is 20.7. The van der Waals surface area contributed by atoms with Gasteiger partial charge >= 0.3 is 0 Å². The Morgan fingerprint density at radius 3 is 2.54 bits per heavy atom. The van der Waals surface area contributed by atoms with Crippen LogP contribution in [0.15, 0.2) is 65.3 Å². The van der Waals surface area contributed by atoms with E-state index in [1.165, 1.54) is 12.1 Å². The highest BCUT2D eigenvalue weighted by atomic mass is 16.6. The van der Waals surface area contributed by atoms with Gasteiger partial charge in [-0.2, -0.15) is 10.2 Å². The van der Waals surface area contributed by atoms with Crippen LogP contribution >= 0.6 is 0 Å². The van der Waals surface area contributed by atoms with Gasteiger partial charge in [0.1, 0.15) is 0 Å². The molecule has 28 heavy (non-hydrogen) atoms. The van der Waals surface area contributed by atoms with E-state index in [0.717, 1.165) is 41.1 Å². The van der Waals surface area contributed by atoms with Crippen LogP contribution in [-0.2, 0) is 0 Å². The Hall–Kier alpha value is -3.06. The lowest BCUT2D eigenvalue weighted by Gasteiger charge is -2.30. The minimum atomic E-state index is -0.441. The van der Waals surface area contributed by atoms with E-state index in [1.54, 1.807) is 12.1 Å². The Bertz CT molecular complexity index is 871. The molecule has 2 aromatic rings. The van der Waals surface area contributed by atoms with Gasteiger partial charge in [0, 0.05) is 24.4 Å². The molecule has 7 nitrogen and oxygen atoms in total. The molecule has 0 bridgehead atoms. The molecule has 0 aliphatic rings. The molecule has 0 saturated heterocycles. The number of rotatable bonds is 9. The lowest BCUT2D eigenvalue weighted by molar-refractivity contribution is -0.868. The summed E-state index contributed by atoms with van der Waals surface area (Å²) in [4.78, 5) is 12.7. The highest BCUT2D eigenvalue weighted by molar-refractivity contribution is 5.58. The second-order valence-corrected chi connectivity index (χ2v) is 7.70. The summed E-state index contributed by atoms with van der Waals surface area (Å²) in [5, 5.41) is 19.3. The number of benzene rings is 2. The molecule has 148 valence electrons. The van der Waals surface area contributed by atoms with Crippen molar-refractivity contribution in [2.75, 3.05) is 45.7 Å². The molecule has 0 aliphatic heterocycles. The highest BCUT2D eigenvalue weighted by Crippen LogP contribution is 2.27. The number of nitro groups is 1. The van der Waals surface area contributed by atoms with Crippen LogP contribution in [-0.4, -0.2) is 50.2 Å².